The Bertz CT molecular complexity index is 391. The van der Waals surface area contributed by atoms with Crippen molar-refractivity contribution < 1.29 is 5.11 Å². The number of para-hydroxylation sites is 1. The fraction of sp³-hybridized carbons (Fsp3) is 0.500. The maximum absolute atomic E-state index is 9.33. The van der Waals surface area contributed by atoms with Gasteiger partial charge in [-0.05, 0) is 25.0 Å². The third-order valence-electron chi connectivity index (χ3n) is 3.45. The molecule has 1 fully saturated rings. The van der Waals surface area contributed by atoms with Crippen LogP contribution < -0.4 is 11.1 Å². The molecule has 0 bridgehead atoms. The Morgan fingerprint density at radius 1 is 1.28 bits per heavy atom. The van der Waals surface area contributed by atoms with Gasteiger partial charge >= 0.3 is 0 Å². The molecule has 2 atom stereocenters. The Kier molecular flexibility index (Phi) is 4.59. The van der Waals surface area contributed by atoms with Gasteiger partial charge in [0.25, 0.3) is 0 Å². The first-order valence-electron chi connectivity index (χ1n) is 6.56. The van der Waals surface area contributed by atoms with Gasteiger partial charge < -0.3 is 16.2 Å². The number of aliphatic imine (C=N–C) groups is 1. The predicted octanol–water partition coefficient (Wildman–Crippen LogP) is 1.96. The van der Waals surface area contributed by atoms with Gasteiger partial charge in [0.1, 0.15) is 0 Å². The summed E-state index contributed by atoms with van der Waals surface area (Å²) in [5, 5.41) is 12.4. The lowest BCUT2D eigenvalue weighted by molar-refractivity contribution is 0.172. The number of rotatable bonds is 3. The molecule has 0 aliphatic heterocycles. The van der Waals surface area contributed by atoms with E-state index in [2.05, 4.69) is 10.3 Å². The number of hydrogen-bond acceptors (Lipinski definition) is 2. The van der Waals surface area contributed by atoms with Crippen LogP contribution in [-0.4, -0.2) is 23.7 Å². The normalized spacial score (nSPS) is 24.8. The summed E-state index contributed by atoms with van der Waals surface area (Å²) < 4.78 is 0. The minimum absolute atomic E-state index is 0.153. The fourth-order valence-corrected chi connectivity index (χ4v) is 2.45. The molecular formula is C14H21N3O. The Hall–Kier alpha value is -1.55. The lowest BCUT2D eigenvalue weighted by Crippen LogP contribution is -2.31. The third kappa shape index (κ3) is 3.47. The second-order valence-electron chi connectivity index (χ2n) is 4.80. The first-order valence-corrected chi connectivity index (χ1v) is 6.56. The molecule has 0 saturated heterocycles. The second kappa shape index (κ2) is 6.40. The second-order valence-corrected chi connectivity index (χ2v) is 4.80. The van der Waals surface area contributed by atoms with E-state index in [9.17, 15) is 5.11 Å². The number of aliphatic hydroxyl groups excluding tert-OH is 1. The van der Waals surface area contributed by atoms with Gasteiger partial charge in [0.05, 0.1) is 6.04 Å². The van der Waals surface area contributed by atoms with E-state index in [1.54, 1.807) is 0 Å². The number of nitrogens with two attached hydrogens (primary N) is 1. The maximum Gasteiger partial charge on any atom is 0.193 e. The van der Waals surface area contributed by atoms with E-state index in [0.29, 0.717) is 5.96 Å². The summed E-state index contributed by atoms with van der Waals surface area (Å²) in [6.45, 7) is 0.201. The van der Waals surface area contributed by atoms with E-state index >= 15 is 0 Å². The molecule has 2 unspecified atom stereocenters. The number of aliphatic hydroxyl groups is 1. The Morgan fingerprint density at radius 2 is 2.00 bits per heavy atom. The lowest BCUT2D eigenvalue weighted by atomic mass is 9.85. The molecule has 1 aliphatic rings. The van der Waals surface area contributed by atoms with Crippen molar-refractivity contribution in [3.63, 3.8) is 0 Å². The number of nitrogens with zero attached hydrogens (tertiary/aromatic N) is 1. The third-order valence-corrected chi connectivity index (χ3v) is 3.45. The maximum atomic E-state index is 9.33. The van der Waals surface area contributed by atoms with Crippen LogP contribution in [0.1, 0.15) is 25.7 Å². The van der Waals surface area contributed by atoms with Crippen molar-refractivity contribution in [2.75, 3.05) is 11.9 Å². The van der Waals surface area contributed by atoms with Crippen LogP contribution in [0.15, 0.2) is 35.3 Å². The van der Waals surface area contributed by atoms with Crippen molar-refractivity contribution in [2.24, 2.45) is 16.6 Å². The van der Waals surface area contributed by atoms with E-state index in [-0.39, 0.29) is 18.6 Å². The molecule has 0 amide bonds. The highest BCUT2D eigenvalue weighted by Crippen LogP contribution is 2.26. The highest BCUT2D eigenvalue weighted by molar-refractivity contribution is 5.92. The summed E-state index contributed by atoms with van der Waals surface area (Å²) >= 11 is 0. The van der Waals surface area contributed by atoms with E-state index in [0.717, 1.165) is 18.5 Å². The zero-order valence-corrected chi connectivity index (χ0v) is 10.5. The monoisotopic (exact) mass is 247 g/mol. The quantitative estimate of drug-likeness (QED) is 0.565. The largest absolute Gasteiger partial charge is 0.396 e. The molecule has 0 heterocycles. The van der Waals surface area contributed by atoms with Gasteiger partial charge in [0.2, 0.25) is 0 Å². The van der Waals surface area contributed by atoms with Crippen molar-refractivity contribution >= 4 is 11.6 Å². The van der Waals surface area contributed by atoms with Crippen LogP contribution in [0.4, 0.5) is 5.69 Å². The molecule has 1 aromatic rings. The average Bonchev–Trinajstić information content (AvgIpc) is 2.40. The zero-order chi connectivity index (χ0) is 12.8. The molecule has 4 heteroatoms. The first-order chi connectivity index (χ1) is 8.79. The number of nitrogens with one attached hydrogen (secondary N) is 1. The van der Waals surface area contributed by atoms with Gasteiger partial charge in [-0.3, -0.25) is 0 Å². The van der Waals surface area contributed by atoms with Crippen LogP contribution in [0.5, 0.6) is 0 Å². The summed E-state index contributed by atoms with van der Waals surface area (Å²) in [7, 11) is 0. The van der Waals surface area contributed by atoms with Crippen molar-refractivity contribution in [2.45, 2.75) is 31.7 Å². The molecule has 0 radical (unpaired) electrons. The van der Waals surface area contributed by atoms with Crippen molar-refractivity contribution in [1.82, 2.24) is 0 Å². The van der Waals surface area contributed by atoms with Gasteiger partial charge in [-0.2, -0.15) is 0 Å². The summed E-state index contributed by atoms with van der Waals surface area (Å²) in [4.78, 5) is 4.51. The van der Waals surface area contributed by atoms with Gasteiger partial charge in [0.15, 0.2) is 5.96 Å². The molecule has 0 aromatic heterocycles. The topological polar surface area (TPSA) is 70.6 Å². The Morgan fingerprint density at radius 3 is 2.72 bits per heavy atom. The number of anilines is 1. The lowest BCUT2D eigenvalue weighted by Gasteiger charge is -2.27. The SMILES string of the molecule is NC(=NC1CCCCC1CO)Nc1ccccc1. The minimum Gasteiger partial charge on any atom is -0.396 e. The number of guanidine groups is 1. The van der Waals surface area contributed by atoms with E-state index in [1.807, 2.05) is 30.3 Å². The average molecular weight is 247 g/mol. The van der Waals surface area contributed by atoms with Crippen molar-refractivity contribution in [1.29, 1.82) is 0 Å². The molecule has 0 spiro atoms. The van der Waals surface area contributed by atoms with E-state index in [1.165, 1.54) is 12.8 Å². The molecule has 18 heavy (non-hydrogen) atoms. The highest BCUT2D eigenvalue weighted by atomic mass is 16.3. The smallest absolute Gasteiger partial charge is 0.193 e. The molecule has 1 aromatic carbocycles. The predicted molar refractivity (Wildman–Crippen MR) is 74.5 cm³/mol. The van der Waals surface area contributed by atoms with Gasteiger partial charge in [-0.15, -0.1) is 0 Å². The van der Waals surface area contributed by atoms with Gasteiger partial charge in [-0.25, -0.2) is 4.99 Å². The first kappa shape index (κ1) is 12.9. The summed E-state index contributed by atoms with van der Waals surface area (Å²) in [6, 6.07) is 9.92. The zero-order valence-electron chi connectivity index (χ0n) is 10.5. The molecule has 1 saturated carbocycles. The minimum atomic E-state index is 0.153. The van der Waals surface area contributed by atoms with Gasteiger partial charge in [0, 0.05) is 18.2 Å². The van der Waals surface area contributed by atoms with E-state index in [4.69, 9.17) is 5.73 Å². The molecule has 1 aliphatic carbocycles. The van der Waals surface area contributed by atoms with E-state index < -0.39 is 0 Å². The summed E-state index contributed by atoms with van der Waals surface area (Å²) in [6.07, 6.45) is 4.41. The molecule has 4 nitrogen and oxygen atoms in total. The molecule has 2 rings (SSSR count). The number of hydrogen-bond donors (Lipinski definition) is 3. The highest BCUT2D eigenvalue weighted by Gasteiger charge is 2.24. The molecule has 4 N–H and O–H groups in total. The molecule has 98 valence electrons. The molecular weight excluding hydrogens is 226 g/mol. The summed E-state index contributed by atoms with van der Waals surface area (Å²) in [5.41, 5.74) is 6.85. The summed E-state index contributed by atoms with van der Waals surface area (Å²) in [5.74, 6) is 0.696. The van der Waals surface area contributed by atoms with Crippen molar-refractivity contribution in [3.05, 3.63) is 30.3 Å². The Balaban J connectivity index is 1.98. The van der Waals surface area contributed by atoms with Crippen LogP contribution in [0, 0.1) is 5.92 Å². The fourth-order valence-electron chi connectivity index (χ4n) is 2.45. The van der Waals surface area contributed by atoms with Crippen LogP contribution >= 0.6 is 0 Å². The Labute approximate surface area is 108 Å². The van der Waals surface area contributed by atoms with Crippen LogP contribution in [0.2, 0.25) is 0 Å². The van der Waals surface area contributed by atoms with Crippen LogP contribution in [0.3, 0.4) is 0 Å². The van der Waals surface area contributed by atoms with Gasteiger partial charge in [-0.1, -0.05) is 31.0 Å². The van der Waals surface area contributed by atoms with Crippen molar-refractivity contribution in [3.8, 4) is 0 Å². The number of benzene rings is 1. The van der Waals surface area contributed by atoms with Crippen LogP contribution in [0.25, 0.3) is 0 Å². The standard InChI is InChI=1S/C14H21N3O/c15-14(16-12-7-2-1-3-8-12)17-13-9-5-4-6-11(13)10-18/h1-3,7-8,11,13,18H,4-6,9-10H2,(H3,15,16,17). The van der Waals surface area contributed by atoms with Crippen LogP contribution in [-0.2, 0) is 0 Å².